The Bertz CT molecular complexity index is 686. The van der Waals surface area contributed by atoms with E-state index in [1.165, 1.54) is 0 Å². The lowest BCUT2D eigenvalue weighted by atomic mass is 10.1. The van der Waals surface area contributed by atoms with E-state index >= 15 is 0 Å². The Morgan fingerprint density at radius 1 is 1.27 bits per heavy atom. The summed E-state index contributed by atoms with van der Waals surface area (Å²) in [6.45, 7) is 3.21. The van der Waals surface area contributed by atoms with E-state index in [9.17, 15) is 4.79 Å². The van der Waals surface area contributed by atoms with E-state index in [2.05, 4.69) is 0 Å². The molecule has 4 heteroatoms. The number of rotatable bonds is 4. The second kappa shape index (κ2) is 6.46. The van der Waals surface area contributed by atoms with Crippen LogP contribution in [0.15, 0.2) is 47.3 Å². The number of benzene rings is 1. The molecule has 4 nitrogen and oxygen atoms in total. The Morgan fingerprint density at radius 3 is 2.68 bits per heavy atom. The monoisotopic (exact) mass is 298 g/mol. The number of aromatic nitrogens is 1. The number of ether oxygens (including phenoxy) is 1. The number of nitrogens with zero attached hydrogens (tertiary/aromatic N) is 1. The molecule has 0 aliphatic carbocycles. The third-order valence-corrected chi connectivity index (χ3v) is 4.17. The molecule has 2 unspecified atom stereocenters. The molecule has 2 atom stereocenters. The molecule has 1 fully saturated rings. The van der Waals surface area contributed by atoms with Crippen LogP contribution in [-0.4, -0.2) is 17.3 Å². The van der Waals surface area contributed by atoms with Crippen LogP contribution in [0, 0.1) is 0 Å². The molecule has 22 heavy (non-hydrogen) atoms. The first kappa shape index (κ1) is 15.0. The van der Waals surface area contributed by atoms with Gasteiger partial charge in [0.1, 0.15) is 0 Å². The summed E-state index contributed by atoms with van der Waals surface area (Å²) in [7, 11) is 0. The zero-order chi connectivity index (χ0) is 15.5. The summed E-state index contributed by atoms with van der Waals surface area (Å²) < 4.78 is 7.54. The quantitative estimate of drug-likeness (QED) is 0.944. The summed E-state index contributed by atoms with van der Waals surface area (Å²) in [4.78, 5) is 12.8. The number of pyridine rings is 1. The van der Waals surface area contributed by atoms with Crippen molar-refractivity contribution in [2.45, 2.75) is 38.5 Å². The number of hydrogen-bond acceptors (Lipinski definition) is 3. The van der Waals surface area contributed by atoms with Gasteiger partial charge >= 0.3 is 0 Å². The van der Waals surface area contributed by atoms with Gasteiger partial charge in [0.2, 0.25) is 0 Å². The van der Waals surface area contributed by atoms with Crippen molar-refractivity contribution < 1.29 is 4.74 Å². The molecule has 0 saturated carbocycles. The summed E-state index contributed by atoms with van der Waals surface area (Å²) >= 11 is 0. The lowest BCUT2D eigenvalue weighted by Gasteiger charge is -2.19. The van der Waals surface area contributed by atoms with Gasteiger partial charge in [0.05, 0.1) is 18.3 Å². The topological polar surface area (TPSA) is 57.2 Å². The van der Waals surface area contributed by atoms with Crippen molar-refractivity contribution in [2.24, 2.45) is 5.73 Å². The van der Waals surface area contributed by atoms with E-state index in [1.807, 2.05) is 54.0 Å². The molecule has 1 aromatic carbocycles. The van der Waals surface area contributed by atoms with E-state index in [0.717, 1.165) is 30.7 Å². The van der Waals surface area contributed by atoms with Gasteiger partial charge in [0, 0.05) is 18.2 Å². The Morgan fingerprint density at radius 2 is 2.05 bits per heavy atom. The molecule has 1 aromatic heterocycles. The zero-order valence-electron chi connectivity index (χ0n) is 12.9. The molecule has 3 rings (SSSR count). The highest BCUT2D eigenvalue weighted by atomic mass is 16.5. The first-order chi connectivity index (χ1) is 10.7. The highest BCUT2D eigenvalue weighted by molar-refractivity contribution is 5.59. The minimum Gasteiger partial charge on any atom is -0.376 e. The lowest BCUT2D eigenvalue weighted by molar-refractivity contribution is 0.0964. The fraction of sp³-hybridized carbons (Fsp3) is 0.389. The van der Waals surface area contributed by atoms with Gasteiger partial charge in [0.25, 0.3) is 5.56 Å². The number of hydrogen-bond donors (Lipinski definition) is 1. The van der Waals surface area contributed by atoms with Crippen LogP contribution in [0.25, 0.3) is 11.3 Å². The maximum absolute atomic E-state index is 12.8. The standard InChI is InChI=1S/C18H22N2O2/c1-13(19)16-9-10-17(14-6-3-2-4-7-14)20(18(16)21)12-15-8-5-11-22-15/h2-4,6-7,9-10,13,15H,5,8,11-12,19H2,1H3. The van der Waals surface area contributed by atoms with Gasteiger partial charge in [-0.05, 0) is 37.5 Å². The van der Waals surface area contributed by atoms with Gasteiger partial charge in [-0.1, -0.05) is 30.3 Å². The average Bonchev–Trinajstić information content (AvgIpc) is 3.03. The van der Waals surface area contributed by atoms with Crippen molar-refractivity contribution in [1.82, 2.24) is 4.57 Å². The van der Waals surface area contributed by atoms with Crippen LogP contribution in [0.2, 0.25) is 0 Å². The molecule has 2 aromatic rings. The van der Waals surface area contributed by atoms with Crippen LogP contribution in [0.4, 0.5) is 0 Å². The van der Waals surface area contributed by atoms with Gasteiger partial charge in [-0.3, -0.25) is 4.79 Å². The second-order valence-corrected chi connectivity index (χ2v) is 5.88. The summed E-state index contributed by atoms with van der Waals surface area (Å²) in [6.07, 6.45) is 2.18. The van der Waals surface area contributed by atoms with Gasteiger partial charge in [-0.15, -0.1) is 0 Å². The molecule has 0 bridgehead atoms. The predicted molar refractivity (Wildman–Crippen MR) is 87.7 cm³/mol. The van der Waals surface area contributed by atoms with Crippen LogP contribution < -0.4 is 11.3 Å². The Kier molecular flexibility index (Phi) is 4.41. The molecule has 2 N–H and O–H groups in total. The Labute approximate surface area is 130 Å². The molecular formula is C18H22N2O2. The summed E-state index contributed by atoms with van der Waals surface area (Å²) in [5.41, 5.74) is 8.54. The zero-order valence-corrected chi connectivity index (χ0v) is 12.9. The summed E-state index contributed by atoms with van der Waals surface area (Å²) in [5, 5.41) is 0. The second-order valence-electron chi connectivity index (χ2n) is 5.88. The molecule has 2 heterocycles. The molecule has 116 valence electrons. The Balaban J connectivity index is 2.08. The average molecular weight is 298 g/mol. The maximum atomic E-state index is 12.8. The molecule has 1 aliphatic heterocycles. The lowest BCUT2D eigenvalue weighted by Crippen LogP contribution is -2.31. The first-order valence-corrected chi connectivity index (χ1v) is 7.83. The van der Waals surface area contributed by atoms with Gasteiger partial charge < -0.3 is 15.0 Å². The van der Waals surface area contributed by atoms with Crippen molar-refractivity contribution >= 4 is 0 Å². The minimum atomic E-state index is -0.270. The van der Waals surface area contributed by atoms with Gasteiger partial charge in [-0.2, -0.15) is 0 Å². The minimum absolute atomic E-state index is 0.00754. The third-order valence-electron chi connectivity index (χ3n) is 4.17. The van der Waals surface area contributed by atoms with Crippen LogP contribution in [0.1, 0.15) is 31.4 Å². The van der Waals surface area contributed by atoms with E-state index in [1.54, 1.807) is 0 Å². The maximum Gasteiger partial charge on any atom is 0.255 e. The van der Waals surface area contributed by atoms with Crippen LogP contribution in [0.3, 0.4) is 0 Å². The van der Waals surface area contributed by atoms with Crippen molar-refractivity contribution in [2.75, 3.05) is 6.61 Å². The molecule has 1 saturated heterocycles. The highest BCUT2D eigenvalue weighted by Gasteiger charge is 2.20. The smallest absolute Gasteiger partial charge is 0.255 e. The fourth-order valence-corrected chi connectivity index (χ4v) is 2.98. The molecule has 0 spiro atoms. The first-order valence-electron chi connectivity index (χ1n) is 7.83. The fourth-order valence-electron chi connectivity index (χ4n) is 2.98. The largest absolute Gasteiger partial charge is 0.376 e. The number of nitrogens with two attached hydrogens (primary N) is 1. The van der Waals surface area contributed by atoms with E-state index < -0.39 is 0 Å². The van der Waals surface area contributed by atoms with Crippen molar-refractivity contribution in [3.63, 3.8) is 0 Å². The third kappa shape index (κ3) is 2.98. The van der Waals surface area contributed by atoms with Gasteiger partial charge in [0.15, 0.2) is 0 Å². The van der Waals surface area contributed by atoms with Crippen LogP contribution in [0.5, 0.6) is 0 Å². The molecule has 0 radical (unpaired) electrons. The van der Waals surface area contributed by atoms with Gasteiger partial charge in [-0.25, -0.2) is 0 Å². The van der Waals surface area contributed by atoms with Crippen molar-refractivity contribution in [3.05, 3.63) is 58.4 Å². The molecule has 1 aliphatic rings. The molecule has 0 amide bonds. The van der Waals surface area contributed by atoms with Crippen molar-refractivity contribution in [3.8, 4) is 11.3 Å². The highest BCUT2D eigenvalue weighted by Crippen LogP contribution is 2.22. The Hall–Kier alpha value is -1.91. The van der Waals surface area contributed by atoms with E-state index in [-0.39, 0.29) is 17.7 Å². The summed E-state index contributed by atoms with van der Waals surface area (Å²) in [5.74, 6) is 0. The van der Waals surface area contributed by atoms with E-state index in [4.69, 9.17) is 10.5 Å². The van der Waals surface area contributed by atoms with Crippen molar-refractivity contribution in [1.29, 1.82) is 0 Å². The molecular weight excluding hydrogens is 276 g/mol. The summed E-state index contributed by atoms with van der Waals surface area (Å²) in [6, 6.07) is 13.5. The van der Waals surface area contributed by atoms with E-state index in [0.29, 0.717) is 12.1 Å². The van der Waals surface area contributed by atoms with Crippen LogP contribution in [-0.2, 0) is 11.3 Å². The van der Waals surface area contributed by atoms with Crippen LogP contribution >= 0.6 is 0 Å². The normalized spacial score (nSPS) is 19.3. The SMILES string of the molecule is CC(N)c1ccc(-c2ccccc2)n(CC2CCCO2)c1=O. The predicted octanol–water partition coefficient (Wildman–Crippen LogP) is 2.71.